The third kappa shape index (κ3) is 4.67. The molecule has 2 aromatic carbocycles. The van der Waals surface area contributed by atoms with Gasteiger partial charge in [0, 0.05) is 29.4 Å². The van der Waals surface area contributed by atoms with Crippen molar-refractivity contribution in [1.82, 2.24) is 5.16 Å². The highest BCUT2D eigenvalue weighted by Gasteiger charge is 2.15. The summed E-state index contributed by atoms with van der Waals surface area (Å²) in [6.45, 7) is 0.157. The van der Waals surface area contributed by atoms with E-state index in [1.165, 1.54) is 0 Å². The number of aromatic nitrogens is 1. The highest BCUT2D eigenvalue weighted by molar-refractivity contribution is 7.51. The molecule has 3 aromatic rings. The summed E-state index contributed by atoms with van der Waals surface area (Å²) in [5.41, 5.74) is 2.59. The van der Waals surface area contributed by atoms with E-state index in [1.807, 2.05) is 6.07 Å². The van der Waals surface area contributed by atoms with Gasteiger partial charge in [-0.25, -0.2) is 0 Å². The number of nitrogens with one attached hydrogen (secondary N) is 1. The van der Waals surface area contributed by atoms with Gasteiger partial charge in [-0.2, -0.15) is 0 Å². The van der Waals surface area contributed by atoms with Crippen molar-refractivity contribution in [3.63, 3.8) is 0 Å². The average Bonchev–Trinajstić information content (AvgIpc) is 3.03. The van der Waals surface area contributed by atoms with E-state index in [-0.39, 0.29) is 12.7 Å². The Morgan fingerprint density at radius 3 is 2.46 bits per heavy atom. The van der Waals surface area contributed by atoms with E-state index in [4.69, 9.17) is 37.5 Å². The fourth-order valence-corrected chi connectivity index (χ4v) is 3.39. The van der Waals surface area contributed by atoms with Gasteiger partial charge >= 0.3 is 7.60 Å². The van der Waals surface area contributed by atoms with E-state index in [0.29, 0.717) is 32.8 Å². The maximum atomic E-state index is 10.9. The third-order valence-electron chi connectivity index (χ3n) is 3.61. The first-order valence-corrected chi connectivity index (χ1v) is 10.2. The lowest BCUT2D eigenvalue weighted by Crippen LogP contribution is -2.06. The van der Waals surface area contributed by atoms with Crippen LogP contribution >= 0.6 is 30.8 Å². The van der Waals surface area contributed by atoms with Crippen LogP contribution < -0.4 is 5.32 Å². The van der Waals surface area contributed by atoms with Crippen LogP contribution in [0.1, 0.15) is 0 Å². The lowest BCUT2D eigenvalue weighted by Gasteiger charge is -2.08. The normalized spacial score (nSPS) is 11.5. The molecule has 136 valence electrons. The minimum Gasteiger partial charge on any atom is -0.384 e. The number of benzene rings is 2. The Morgan fingerprint density at radius 1 is 1.08 bits per heavy atom. The van der Waals surface area contributed by atoms with Crippen LogP contribution in [-0.4, -0.2) is 27.7 Å². The monoisotopic (exact) mass is 412 g/mol. The summed E-state index contributed by atoms with van der Waals surface area (Å²) >= 11 is 12.4. The lowest BCUT2D eigenvalue weighted by molar-refractivity contribution is 0.374. The smallest absolute Gasteiger partial charge is 0.327 e. The molecule has 0 aliphatic carbocycles. The summed E-state index contributed by atoms with van der Waals surface area (Å²) in [6.07, 6.45) is -0.241. The SMILES string of the molecule is O=P(O)(O)CCNc1cccc(-c2cc(-c3c(Cl)cccc3Cl)no2)c1. The van der Waals surface area contributed by atoms with Crippen LogP contribution in [0.25, 0.3) is 22.6 Å². The summed E-state index contributed by atoms with van der Waals surface area (Å²) in [5, 5.41) is 7.97. The molecule has 0 saturated carbocycles. The van der Waals surface area contributed by atoms with Crippen LogP contribution in [0.2, 0.25) is 10.0 Å². The highest BCUT2D eigenvalue weighted by Crippen LogP contribution is 2.36. The third-order valence-corrected chi connectivity index (χ3v) is 5.04. The van der Waals surface area contributed by atoms with Crippen molar-refractivity contribution in [3.8, 4) is 22.6 Å². The summed E-state index contributed by atoms with van der Waals surface area (Å²) in [6, 6.07) is 14.2. The van der Waals surface area contributed by atoms with Crippen LogP contribution in [0.4, 0.5) is 5.69 Å². The molecule has 3 rings (SSSR count). The number of halogens is 2. The molecule has 1 heterocycles. The summed E-state index contributed by atoms with van der Waals surface area (Å²) in [7, 11) is -4.03. The molecule has 0 fully saturated rings. The number of hydrogen-bond donors (Lipinski definition) is 3. The van der Waals surface area contributed by atoms with Crippen molar-refractivity contribution < 1.29 is 18.9 Å². The second-order valence-corrected chi connectivity index (χ2v) is 8.16. The van der Waals surface area contributed by atoms with Gasteiger partial charge in [-0.05, 0) is 24.3 Å². The van der Waals surface area contributed by atoms with E-state index >= 15 is 0 Å². The molecule has 0 saturated heterocycles. The summed E-state index contributed by atoms with van der Waals surface area (Å²) < 4.78 is 16.3. The predicted molar refractivity (Wildman–Crippen MR) is 103 cm³/mol. The van der Waals surface area contributed by atoms with Gasteiger partial charge in [-0.15, -0.1) is 0 Å². The minimum absolute atomic E-state index is 0.157. The van der Waals surface area contributed by atoms with Crippen molar-refractivity contribution in [1.29, 1.82) is 0 Å². The van der Waals surface area contributed by atoms with Crippen molar-refractivity contribution in [2.24, 2.45) is 0 Å². The van der Waals surface area contributed by atoms with E-state index in [9.17, 15) is 4.57 Å². The molecular formula is C17H15Cl2N2O4P. The molecule has 0 aliphatic heterocycles. The van der Waals surface area contributed by atoms with Gasteiger partial charge in [0.15, 0.2) is 5.76 Å². The first-order chi connectivity index (χ1) is 12.3. The minimum atomic E-state index is -4.03. The van der Waals surface area contributed by atoms with Gasteiger partial charge in [0.25, 0.3) is 0 Å². The zero-order valence-electron chi connectivity index (χ0n) is 13.4. The fraction of sp³-hybridized carbons (Fsp3) is 0.118. The van der Waals surface area contributed by atoms with Gasteiger partial charge < -0.3 is 19.6 Å². The Bertz CT molecular complexity index is 951. The van der Waals surface area contributed by atoms with E-state index in [0.717, 1.165) is 5.56 Å². The number of anilines is 1. The first kappa shape index (κ1) is 19.0. The highest BCUT2D eigenvalue weighted by atomic mass is 35.5. The van der Waals surface area contributed by atoms with E-state index in [2.05, 4.69) is 10.5 Å². The molecule has 0 atom stereocenters. The van der Waals surface area contributed by atoms with Gasteiger partial charge in [0.1, 0.15) is 5.69 Å². The number of hydrogen-bond acceptors (Lipinski definition) is 4. The largest absolute Gasteiger partial charge is 0.384 e. The maximum absolute atomic E-state index is 10.9. The molecule has 3 N–H and O–H groups in total. The molecule has 1 aromatic heterocycles. The molecule has 0 bridgehead atoms. The van der Waals surface area contributed by atoms with Crippen molar-refractivity contribution in [2.75, 3.05) is 18.0 Å². The summed E-state index contributed by atoms with van der Waals surface area (Å²) in [4.78, 5) is 17.8. The quantitative estimate of drug-likeness (QED) is 0.498. The molecule has 0 radical (unpaired) electrons. The van der Waals surface area contributed by atoms with Crippen LogP contribution in [0.5, 0.6) is 0 Å². The van der Waals surface area contributed by atoms with Crippen molar-refractivity contribution in [2.45, 2.75) is 0 Å². The average molecular weight is 413 g/mol. The predicted octanol–water partition coefficient (Wildman–Crippen LogP) is 4.91. The first-order valence-electron chi connectivity index (χ1n) is 7.63. The topological polar surface area (TPSA) is 95.6 Å². The van der Waals surface area contributed by atoms with Gasteiger partial charge in [0.2, 0.25) is 0 Å². The molecule has 6 nitrogen and oxygen atoms in total. The van der Waals surface area contributed by atoms with Gasteiger partial charge in [-0.1, -0.05) is 46.6 Å². The molecule has 9 heteroatoms. The molecule has 0 amide bonds. The zero-order valence-corrected chi connectivity index (χ0v) is 15.8. The van der Waals surface area contributed by atoms with Crippen LogP contribution in [0.15, 0.2) is 53.1 Å². The van der Waals surface area contributed by atoms with Crippen LogP contribution in [0, 0.1) is 0 Å². The number of nitrogens with zero attached hydrogens (tertiary/aromatic N) is 1. The van der Waals surface area contributed by atoms with Gasteiger partial charge in [-0.3, -0.25) is 4.57 Å². The van der Waals surface area contributed by atoms with E-state index < -0.39 is 7.60 Å². The van der Waals surface area contributed by atoms with Crippen LogP contribution in [-0.2, 0) is 4.57 Å². The Kier molecular flexibility index (Phi) is 5.70. The molecule has 0 unspecified atom stereocenters. The Balaban J connectivity index is 1.81. The zero-order chi connectivity index (χ0) is 18.7. The Hall–Kier alpha value is -1.82. The van der Waals surface area contributed by atoms with E-state index in [1.54, 1.807) is 42.5 Å². The van der Waals surface area contributed by atoms with Gasteiger partial charge in [0.05, 0.1) is 16.2 Å². The molecular weight excluding hydrogens is 398 g/mol. The second kappa shape index (κ2) is 7.82. The second-order valence-electron chi connectivity index (χ2n) is 5.57. The Labute approximate surface area is 159 Å². The van der Waals surface area contributed by atoms with Crippen molar-refractivity contribution >= 4 is 36.5 Å². The summed E-state index contributed by atoms with van der Waals surface area (Å²) in [5.74, 6) is 0.523. The fourth-order valence-electron chi connectivity index (χ4n) is 2.40. The molecule has 0 spiro atoms. The molecule has 26 heavy (non-hydrogen) atoms. The lowest BCUT2D eigenvalue weighted by atomic mass is 10.1. The Morgan fingerprint density at radius 2 is 1.77 bits per heavy atom. The standard InChI is InChI=1S/C17H15Cl2N2O4P/c18-13-5-2-6-14(19)17(13)15-10-16(25-21-15)11-3-1-4-12(9-11)20-7-8-26(22,23)24/h1-6,9-10,20H,7-8H2,(H2,22,23,24). The maximum Gasteiger partial charge on any atom is 0.327 e. The van der Waals surface area contributed by atoms with Crippen molar-refractivity contribution in [3.05, 3.63) is 58.6 Å². The molecule has 0 aliphatic rings. The van der Waals surface area contributed by atoms with Crippen LogP contribution in [0.3, 0.4) is 0 Å². The number of rotatable bonds is 6.